The van der Waals surface area contributed by atoms with E-state index < -0.39 is 13.0 Å². The number of para-hydroxylation sites is 1. The molecule has 0 radical (unpaired) electrons. The minimum absolute atomic E-state index is 0. The van der Waals surface area contributed by atoms with Gasteiger partial charge in [0.15, 0.2) is 0 Å². The Hall–Kier alpha value is -3.46. The van der Waals surface area contributed by atoms with Crippen LogP contribution in [-0.2, 0) is 11.2 Å². The fourth-order valence-corrected chi connectivity index (χ4v) is 4.29. The van der Waals surface area contributed by atoms with Gasteiger partial charge in [0.05, 0.1) is 12.1 Å². The fourth-order valence-electron chi connectivity index (χ4n) is 4.29. The SMILES string of the molecule is NC[C@@H](C(=O)Cc1ccc2cnccc2c1)c1ccc2c(c1)C=NN(c1ccccc1)B2O.S. The molecule has 170 valence electrons. The van der Waals surface area contributed by atoms with Gasteiger partial charge in [-0.15, -0.1) is 0 Å². The first-order valence-corrected chi connectivity index (χ1v) is 10.9. The molecule has 1 aromatic heterocycles. The van der Waals surface area contributed by atoms with Crippen molar-refractivity contribution in [1.29, 1.82) is 0 Å². The van der Waals surface area contributed by atoms with Gasteiger partial charge in [-0.25, -0.2) is 0 Å². The van der Waals surface area contributed by atoms with Crippen molar-refractivity contribution in [3.8, 4) is 0 Å². The number of hydrazone groups is 1. The summed E-state index contributed by atoms with van der Waals surface area (Å²) in [5.74, 6) is -0.369. The molecule has 8 heteroatoms. The number of aromatic nitrogens is 1. The van der Waals surface area contributed by atoms with Gasteiger partial charge in [-0.3, -0.25) is 14.7 Å². The largest absolute Gasteiger partial charge is 0.471 e. The van der Waals surface area contributed by atoms with E-state index in [1.54, 1.807) is 17.3 Å². The van der Waals surface area contributed by atoms with Gasteiger partial charge in [-0.1, -0.05) is 48.5 Å². The van der Waals surface area contributed by atoms with E-state index in [1.807, 2.05) is 79.0 Å². The van der Waals surface area contributed by atoms with Crippen LogP contribution < -0.4 is 16.1 Å². The van der Waals surface area contributed by atoms with Gasteiger partial charge in [-0.05, 0) is 51.8 Å². The van der Waals surface area contributed by atoms with Gasteiger partial charge in [-0.2, -0.15) is 18.6 Å². The number of carbonyl (C=O) groups excluding carboxylic acids is 1. The van der Waals surface area contributed by atoms with Crippen LogP contribution in [0.5, 0.6) is 0 Å². The highest BCUT2D eigenvalue weighted by Crippen LogP contribution is 2.23. The van der Waals surface area contributed by atoms with Crippen LogP contribution in [0.25, 0.3) is 10.8 Å². The minimum Gasteiger partial charge on any atom is -0.427 e. The molecule has 1 aliphatic heterocycles. The number of nitrogens with two attached hydrogens (primary N) is 1. The Morgan fingerprint density at radius 1 is 1.03 bits per heavy atom. The maximum Gasteiger partial charge on any atom is 0.471 e. The number of carbonyl (C=O) groups is 1. The second-order valence-corrected chi connectivity index (χ2v) is 8.18. The average molecular weight is 468 g/mol. The highest BCUT2D eigenvalue weighted by atomic mass is 32.1. The number of rotatable bonds is 6. The molecule has 3 N–H and O–H groups in total. The van der Waals surface area contributed by atoms with Gasteiger partial charge in [0.2, 0.25) is 0 Å². The van der Waals surface area contributed by atoms with Gasteiger partial charge in [0.1, 0.15) is 5.78 Å². The summed E-state index contributed by atoms with van der Waals surface area (Å²) in [5, 5.41) is 17.4. The molecule has 34 heavy (non-hydrogen) atoms. The number of benzene rings is 3. The summed E-state index contributed by atoms with van der Waals surface area (Å²) in [4.78, 5) is 18.9. The summed E-state index contributed by atoms with van der Waals surface area (Å²) >= 11 is 0. The number of nitrogens with zero attached hydrogens (tertiary/aromatic N) is 3. The van der Waals surface area contributed by atoms with E-state index in [2.05, 4.69) is 10.1 Å². The summed E-state index contributed by atoms with van der Waals surface area (Å²) in [6.45, 7) is 0.213. The number of ketones is 1. The van der Waals surface area contributed by atoms with Crippen molar-refractivity contribution in [2.24, 2.45) is 10.8 Å². The van der Waals surface area contributed by atoms with E-state index in [9.17, 15) is 9.82 Å². The Balaban J connectivity index is 0.00000274. The lowest BCUT2D eigenvalue weighted by Gasteiger charge is -2.27. The number of hydrogen-bond donors (Lipinski definition) is 2. The van der Waals surface area contributed by atoms with Crippen LogP contribution in [0.1, 0.15) is 22.6 Å². The molecule has 0 spiro atoms. The Kier molecular flexibility index (Phi) is 7.12. The number of Topliss-reactive ketones (excluding diaryl/α,β-unsaturated/α-hetero) is 1. The molecule has 0 bridgehead atoms. The first kappa shape index (κ1) is 23.7. The van der Waals surface area contributed by atoms with E-state index in [-0.39, 0.29) is 25.8 Å². The maximum atomic E-state index is 13.2. The molecule has 1 aliphatic rings. The van der Waals surface area contributed by atoms with Crippen LogP contribution in [-0.4, -0.2) is 35.6 Å². The van der Waals surface area contributed by atoms with Crippen molar-refractivity contribution < 1.29 is 9.82 Å². The third-order valence-corrected chi connectivity index (χ3v) is 6.07. The summed E-state index contributed by atoms with van der Waals surface area (Å²) in [6.07, 6.45) is 5.58. The van der Waals surface area contributed by atoms with E-state index in [0.29, 0.717) is 6.42 Å². The van der Waals surface area contributed by atoms with Crippen molar-refractivity contribution in [1.82, 2.24) is 4.98 Å². The Morgan fingerprint density at radius 3 is 2.65 bits per heavy atom. The summed E-state index contributed by atoms with van der Waals surface area (Å²) in [7, 11) is -0.902. The lowest BCUT2D eigenvalue weighted by Crippen LogP contribution is -2.50. The number of pyridine rings is 1. The molecule has 0 unspecified atom stereocenters. The molecule has 5 rings (SSSR count). The molecule has 6 nitrogen and oxygen atoms in total. The first-order valence-electron chi connectivity index (χ1n) is 10.9. The van der Waals surface area contributed by atoms with Crippen LogP contribution in [0.2, 0.25) is 0 Å². The minimum atomic E-state index is -0.902. The zero-order valence-electron chi connectivity index (χ0n) is 18.5. The third kappa shape index (κ3) is 4.61. The van der Waals surface area contributed by atoms with E-state index in [4.69, 9.17) is 5.73 Å². The van der Waals surface area contributed by atoms with Crippen molar-refractivity contribution in [2.45, 2.75) is 12.3 Å². The molecule has 0 saturated heterocycles. The van der Waals surface area contributed by atoms with Gasteiger partial charge in [0, 0.05) is 36.4 Å². The molecule has 0 fully saturated rings. The molecule has 0 aliphatic carbocycles. The average Bonchev–Trinajstić information content (AvgIpc) is 2.85. The molecule has 1 atom stereocenters. The normalized spacial score (nSPS) is 13.4. The quantitative estimate of drug-likeness (QED) is 0.425. The van der Waals surface area contributed by atoms with E-state index >= 15 is 0 Å². The third-order valence-electron chi connectivity index (χ3n) is 6.07. The predicted octanol–water partition coefficient (Wildman–Crippen LogP) is 2.74. The second kappa shape index (κ2) is 10.2. The van der Waals surface area contributed by atoms with E-state index in [1.165, 1.54) is 0 Å². The van der Waals surface area contributed by atoms with E-state index in [0.717, 1.165) is 38.6 Å². The van der Waals surface area contributed by atoms with Crippen LogP contribution in [0.4, 0.5) is 5.69 Å². The number of anilines is 1. The van der Waals surface area contributed by atoms with Gasteiger partial charge < -0.3 is 10.8 Å². The van der Waals surface area contributed by atoms with Crippen LogP contribution in [0.15, 0.2) is 90.3 Å². The Morgan fingerprint density at radius 2 is 1.85 bits per heavy atom. The van der Waals surface area contributed by atoms with Crippen LogP contribution >= 0.6 is 13.5 Å². The van der Waals surface area contributed by atoms with Gasteiger partial charge in [0.25, 0.3) is 0 Å². The Labute approximate surface area is 205 Å². The predicted molar refractivity (Wildman–Crippen MR) is 143 cm³/mol. The number of fused-ring (bicyclic) bond motifs is 2. The summed E-state index contributed by atoms with van der Waals surface area (Å²) in [5.41, 5.74) is 10.1. The highest BCUT2D eigenvalue weighted by molar-refractivity contribution is 7.59. The first-order chi connectivity index (χ1) is 16.1. The topological polar surface area (TPSA) is 91.8 Å². The Bertz CT molecular complexity index is 1350. The van der Waals surface area contributed by atoms with Crippen molar-refractivity contribution in [3.05, 3.63) is 102 Å². The van der Waals surface area contributed by atoms with Crippen molar-refractivity contribution >= 4 is 54.5 Å². The van der Waals surface area contributed by atoms with Crippen LogP contribution in [0.3, 0.4) is 0 Å². The van der Waals surface area contributed by atoms with Crippen LogP contribution in [0, 0.1) is 0 Å². The highest BCUT2D eigenvalue weighted by Gasteiger charge is 2.31. The zero-order chi connectivity index (χ0) is 22.8. The molecule has 0 amide bonds. The lowest BCUT2D eigenvalue weighted by molar-refractivity contribution is -0.119. The summed E-state index contributed by atoms with van der Waals surface area (Å²) < 4.78 is 0. The lowest BCUT2D eigenvalue weighted by atomic mass is 9.68. The molecular weight excluding hydrogens is 443 g/mol. The van der Waals surface area contributed by atoms with Crippen molar-refractivity contribution in [2.75, 3.05) is 11.5 Å². The molecule has 0 saturated carbocycles. The summed E-state index contributed by atoms with van der Waals surface area (Å²) in [6, 6.07) is 23.1. The fraction of sp³-hybridized carbons (Fsp3) is 0.115. The smallest absolute Gasteiger partial charge is 0.427 e. The maximum absolute atomic E-state index is 13.2. The number of hydrogen-bond acceptors (Lipinski definition) is 6. The standard InChI is InChI=1S/C26H23BN4O2.H2S/c28-15-24(26(32)13-18-6-7-21-16-29-11-10-19(21)12-18)20-8-9-25-22(14-20)17-30-31(27(25)33)23-4-2-1-3-5-23;/h1-12,14,16-17,24,33H,13,15,28H2;1H2/t24-;/m1./s1. The second-order valence-electron chi connectivity index (χ2n) is 8.18. The molecule has 4 aromatic rings. The van der Waals surface area contributed by atoms with Gasteiger partial charge >= 0.3 is 7.05 Å². The molecule has 2 heterocycles. The van der Waals surface area contributed by atoms with Crippen molar-refractivity contribution in [3.63, 3.8) is 0 Å². The molecular formula is C26H25BN4O2S. The monoisotopic (exact) mass is 468 g/mol. The zero-order valence-corrected chi connectivity index (χ0v) is 19.5. The molecule has 3 aromatic carbocycles.